The second-order valence-electron chi connectivity index (χ2n) is 4.44. The van der Waals surface area contributed by atoms with E-state index in [1.807, 2.05) is 25.3 Å². The first-order chi connectivity index (χ1) is 9.15. The van der Waals surface area contributed by atoms with Gasteiger partial charge in [0.1, 0.15) is 0 Å². The molecule has 1 aromatic carbocycles. The number of nitrogens with one attached hydrogen (secondary N) is 1. The highest BCUT2D eigenvalue weighted by atomic mass is 32.2. The minimum atomic E-state index is 0.203. The Morgan fingerprint density at radius 3 is 2.42 bits per heavy atom. The quantitative estimate of drug-likeness (QED) is 0.717. The molecule has 0 amide bonds. The summed E-state index contributed by atoms with van der Waals surface area (Å²) in [6.07, 6.45) is 2.04. The lowest BCUT2D eigenvalue weighted by Gasteiger charge is -2.15. The van der Waals surface area contributed by atoms with Crippen LogP contribution in [0.2, 0.25) is 0 Å². The predicted molar refractivity (Wildman–Crippen MR) is 79.3 cm³/mol. The minimum Gasteiger partial charge on any atom is -0.493 e. The Labute approximate surface area is 119 Å². The maximum absolute atomic E-state index is 9.00. The van der Waals surface area contributed by atoms with Crippen LogP contribution in [-0.4, -0.2) is 38.7 Å². The molecule has 0 aliphatic heterocycles. The largest absolute Gasteiger partial charge is 0.493 e. The van der Waals surface area contributed by atoms with Crippen LogP contribution in [0.25, 0.3) is 0 Å². The fourth-order valence-corrected chi connectivity index (χ4v) is 2.37. The van der Waals surface area contributed by atoms with Crippen molar-refractivity contribution >= 4 is 11.8 Å². The van der Waals surface area contributed by atoms with Crippen LogP contribution >= 0.6 is 11.8 Å². The monoisotopic (exact) mass is 285 g/mol. The molecule has 1 atom stereocenters. The second-order valence-corrected chi connectivity index (χ2v) is 5.29. The Morgan fingerprint density at radius 2 is 1.89 bits per heavy atom. The second kappa shape index (κ2) is 8.30. The number of hydrogen-bond donors (Lipinski definition) is 2. The van der Waals surface area contributed by atoms with Gasteiger partial charge < -0.3 is 19.9 Å². The molecule has 2 N–H and O–H groups in total. The molecule has 0 aliphatic rings. The normalized spacial score (nSPS) is 12.3. The zero-order chi connectivity index (χ0) is 14.3. The van der Waals surface area contributed by atoms with Crippen molar-refractivity contribution in [3.05, 3.63) is 17.7 Å². The van der Waals surface area contributed by atoms with Gasteiger partial charge in [0, 0.05) is 24.6 Å². The van der Waals surface area contributed by atoms with E-state index >= 15 is 0 Å². The minimum absolute atomic E-state index is 0.203. The van der Waals surface area contributed by atoms with Crippen molar-refractivity contribution in [2.75, 3.05) is 33.6 Å². The summed E-state index contributed by atoms with van der Waals surface area (Å²) in [5.74, 6) is 1.75. The van der Waals surface area contributed by atoms with E-state index in [1.54, 1.807) is 26.0 Å². The van der Waals surface area contributed by atoms with Crippen LogP contribution in [0.5, 0.6) is 11.5 Å². The Hall–Kier alpha value is -0.910. The van der Waals surface area contributed by atoms with E-state index < -0.39 is 0 Å². The van der Waals surface area contributed by atoms with Gasteiger partial charge in [0.25, 0.3) is 0 Å². The first kappa shape index (κ1) is 16.1. The molecule has 0 radical (unpaired) electrons. The van der Waals surface area contributed by atoms with Gasteiger partial charge in [-0.2, -0.15) is 0 Å². The smallest absolute Gasteiger partial charge is 0.161 e. The van der Waals surface area contributed by atoms with Crippen molar-refractivity contribution in [2.24, 2.45) is 5.92 Å². The molecular formula is C14H23NO3S. The summed E-state index contributed by atoms with van der Waals surface area (Å²) in [5.41, 5.74) is 1.18. The Morgan fingerprint density at radius 1 is 1.26 bits per heavy atom. The summed E-state index contributed by atoms with van der Waals surface area (Å²) in [6, 6.07) is 4.00. The van der Waals surface area contributed by atoms with E-state index in [1.165, 1.54) is 10.5 Å². The van der Waals surface area contributed by atoms with Crippen molar-refractivity contribution < 1.29 is 14.6 Å². The van der Waals surface area contributed by atoms with Gasteiger partial charge in [-0.15, -0.1) is 11.8 Å². The lowest BCUT2D eigenvalue weighted by atomic mass is 10.1. The highest BCUT2D eigenvalue weighted by Crippen LogP contribution is 2.34. The Kier molecular flexibility index (Phi) is 7.05. The molecule has 1 unspecified atom stereocenters. The number of ether oxygens (including phenoxy) is 2. The van der Waals surface area contributed by atoms with Crippen molar-refractivity contribution in [2.45, 2.75) is 18.4 Å². The van der Waals surface area contributed by atoms with Gasteiger partial charge in [-0.25, -0.2) is 0 Å². The van der Waals surface area contributed by atoms with E-state index in [4.69, 9.17) is 14.6 Å². The molecule has 19 heavy (non-hydrogen) atoms. The standard InChI is InChI=1S/C14H23NO3S/c1-10(9-16)7-15-8-11-5-12(17-2)13(18-3)6-14(11)19-4/h5-6,10,15-16H,7-9H2,1-4H3. The Bertz CT molecular complexity index is 399. The third-order valence-electron chi connectivity index (χ3n) is 2.91. The van der Waals surface area contributed by atoms with Gasteiger partial charge in [0.15, 0.2) is 11.5 Å². The van der Waals surface area contributed by atoms with E-state index in [-0.39, 0.29) is 12.5 Å². The summed E-state index contributed by atoms with van der Waals surface area (Å²) in [6.45, 7) is 3.75. The number of rotatable bonds is 8. The SMILES string of the molecule is COc1cc(CNCC(C)CO)c(SC)cc1OC. The summed E-state index contributed by atoms with van der Waals surface area (Å²) >= 11 is 1.68. The summed E-state index contributed by atoms with van der Waals surface area (Å²) in [7, 11) is 3.28. The Balaban J connectivity index is 2.80. The average Bonchev–Trinajstić information content (AvgIpc) is 2.46. The summed E-state index contributed by atoms with van der Waals surface area (Å²) in [5, 5.41) is 12.3. The van der Waals surface area contributed by atoms with Crippen molar-refractivity contribution in [3.8, 4) is 11.5 Å². The zero-order valence-corrected chi connectivity index (χ0v) is 12.8. The fraction of sp³-hybridized carbons (Fsp3) is 0.571. The van der Waals surface area contributed by atoms with E-state index in [0.29, 0.717) is 0 Å². The molecule has 0 aromatic heterocycles. The van der Waals surface area contributed by atoms with Crippen molar-refractivity contribution in [1.29, 1.82) is 0 Å². The molecule has 0 spiro atoms. The highest BCUT2D eigenvalue weighted by molar-refractivity contribution is 7.98. The number of thioether (sulfide) groups is 1. The third kappa shape index (κ3) is 4.60. The first-order valence-corrected chi connectivity index (χ1v) is 7.49. The lowest BCUT2D eigenvalue weighted by Crippen LogP contribution is -2.23. The fourth-order valence-electron chi connectivity index (χ4n) is 1.75. The van der Waals surface area contributed by atoms with Crippen LogP contribution in [-0.2, 0) is 6.54 Å². The molecule has 4 nitrogen and oxygen atoms in total. The lowest BCUT2D eigenvalue weighted by molar-refractivity contribution is 0.233. The maximum atomic E-state index is 9.00. The number of aliphatic hydroxyl groups excluding tert-OH is 1. The summed E-state index contributed by atoms with van der Waals surface area (Å²) < 4.78 is 10.6. The molecule has 0 fully saturated rings. The predicted octanol–water partition coefficient (Wildman–Crippen LogP) is 2.14. The van der Waals surface area contributed by atoms with E-state index in [0.717, 1.165) is 24.6 Å². The molecule has 5 heteroatoms. The van der Waals surface area contributed by atoms with Gasteiger partial charge in [0.2, 0.25) is 0 Å². The number of methoxy groups -OCH3 is 2. The first-order valence-electron chi connectivity index (χ1n) is 6.26. The van der Waals surface area contributed by atoms with E-state index in [9.17, 15) is 0 Å². The van der Waals surface area contributed by atoms with E-state index in [2.05, 4.69) is 5.32 Å². The van der Waals surface area contributed by atoms with Gasteiger partial charge in [-0.1, -0.05) is 6.92 Å². The molecule has 0 heterocycles. The molecule has 0 bridgehead atoms. The molecule has 0 saturated carbocycles. The molecule has 0 saturated heterocycles. The zero-order valence-electron chi connectivity index (χ0n) is 12.0. The average molecular weight is 285 g/mol. The molecular weight excluding hydrogens is 262 g/mol. The number of aliphatic hydroxyl groups is 1. The third-order valence-corrected chi connectivity index (χ3v) is 3.73. The van der Waals surface area contributed by atoms with Crippen LogP contribution in [0.3, 0.4) is 0 Å². The van der Waals surface area contributed by atoms with Gasteiger partial charge >= 0.3 is 0 Å². The highest BCUT2D eigenvalue weighted by Gasteiger charge is 2.10. The maximum Gasteiger partial charge on any atom is 0.161 e. The molecule has 0 aliphatic carbocycles. The van der Waals surface area contributed by atoms with Crippen LogP contribution in [0.4, 0.5) is 0 Å². The van der Waals surface area contributed by atoms with Crippen LogP contribution in [0, 0.1) is 5.92 Å². The summed E-state index contributed by atoms with van der Waals surface area (Å²) in [4.78, 5) is 1.17. The van der Waals surface area contributed by atoms with Crippen LogP contribution < -0.4 is 14.8 Å². The number of hydrogen-bond acceptors (Lipinski definition) is 5. The molecule has 1 rings (SSSR count). The topological polar surface area (TPSA) is 50.7 Å². The van der Waals surface area contributed by atoms with Gasteiger partial charge in [-0.05, 0) is 29.9 Å². The van der Waals surface area contributed by atoms with Crippen LogP contribution in [0.1, 0.15) is 12.5 Å². The molecule has 1 aromatic rings. The van der Waals surface area contributed by atoms with Crippen molar-refractivity contribution in [3.63, 3.8) is 0 Å². The van der Waals surface area contributed by atoms with Gasteiger partial charge in [-0.3, -0.25) is 0 Å². The van der Waals surface area contributed by atoms with Crippen molar-refractivity contribution in [1.82, 2.24) is 5.32 Å². The molecule has 108 valence electrons. The van der Waals surface area contributed by atoms with Gasteiger partial charge in [0.05, 0.1) is 14.2 Å². The van der Waals surface area contributed by atoms with Crippen LogP contribution in [0.15, 0.2) is 17.0 Å². The number of benzene rings is 1.